The number of carbonyl (C=O) groups is 1. The van der Waals surface area contributed by atoms with Crippen molar-refractivity contribution < 1.29 is 9.90 Å². The number of rotatable bonds is 7. The minimum atomic E-state index is -0.227. The number of carbonyl (C=O) groups excluding carboxylic acids is 1. The highest BCUT2D eigenvalue weighted by molar-refractivity contribution is 7.99. The number of thioether (sulfide) groups is 1. The normalized spacial score (nSPS) is 11.3. The van der Waals surface area contributed by atoms with Crippen LogP contribution in [0.15, 0.2) is 83.1 Å². The molecule has 0 aliphatic heterocycles. The van der Waals surface area contributed by atoms with Gasteiger partial charge in [0.05, 0.1) is 29.5 Å². The highest BCUT2D eigenvalue weighted by Gasteiger charge is 2.13. The molecule has 0 aliphatic rings. The van der Waals surface area contributed by atoms with Crippen LogP contribution in [0.1, 0.15) is 16.7 Å². The van der Waals surface area contributed by atoms with Crippen LogP contribution in [-0.4, -0.2) is 32.5 Å². The fourth-order valence-electron chi connectivity index (χ4n) is 3.14. The third-order valence-electron chi connectivity index (χ3n) is 4.69. The Morgan fingerprint density at radius 1 is 1.13 bits per heavy atom. The van der Waals surface area contributed by atoms with Crippen LogP contribution in [0, 0.1) is 6.92 Å². The van der Waals surface area contributed by atoms with Crippen LogP contribution in [-0.2, 0) is 11.3 Å². The lowest BCUT2D eigenvalue weighted by Crippen LogP contribution is -2.20. The van der Waals surface area contributed by atoms with E-state index in [1.807, 2.05) is 24.3 Å². The highest BCUT2D eigenvalue weighted by Crippen LogP contribution is 2.25. The molecule has 0 aliphatic carbocycles. The first-order valence-electron chi connectivity index (χ1n) is 9.83. The van der Waals surface area contributed by atoms with Crippen molar-refractivity contribution in [3.8, 4) is 5.75 Å². The van der Waals surface area contributed by atoms with Crippen LogP contribution in [0.5, 0.6) is 5.75 Å². The fraction of sp³-hybridized carbons (Fsp3) is 0.125. The van der Waals surface area contributed by atoms with Crippen molar-refractivity contribution in [2.75, 3.05) is 5.75 Å². The van der Waals surface area contributed by atoms with Gasteiger partial charge in [0.25, 0.3) is 5.91 Å². The largest absolute Gasteiger partial charge is 0.508 e. The van der Waals surface area contributed by atoms with Gasteiger partial charge in [-0.2, -0.15) is 5.10 Å². The summed E-state index contributed by atoms with van der Waals surface area (Å²) < 4.78 is 2.13. The maximum atomic E-state index is 12.3. The van der Waals surface area contributed by atoms with E-state index in [0.717, 1.165) is 16.2 Å². The average molecular weight is 431 g/mol. The summed E-state index contributed by atoms with van der Waals surface area (Å²) in [5.41, 5.74) is 7.56. The van der Waals surface area contributed by atoms with Crippen molar-refractivity contribution in [2.24, 2.45) is 5.10 Å². The lowest BCUT2D eigenvalue weighted by Gasteiger charge is -2.09. The van der Waals surface area contributed by atoms with Crippen molar-refractivity contribution >= 4 is 34.9 Å². The molecule has 4 rings (SSSR count). The van der Waals surface area contributed by atoms with Gasteiger partial charge < -0.3 is 9.67 Å². The summed E-state index contributed by atoms with van der Waals surface area (Å²) in [6, 6.07) is 23.0. The van der Waals surface area contributed by atoms with E-state index in [1.165, 1.54) is 29.1 Å². The van der Waals surface area contributed by atoms with Crippen molar-refractivity contribution in [3.63, 3.8) is 0 Å². The Bertz CT molecular complexity index is 1230. The molecule has 0 saturated heterocycles. The number of aryl methyl sites for hydroxylation is 1. The standard InChI is InChI=1S/C24H22N4O2S/c1-17-9-11-18(12-10-17)15-28-22-8-3-2-7-21(22)26-24(28)31-16-23(30)27-25-14-19-5-4-6-20(29)13-19/h2-14,29H,15-16H2,1H3,(H,27,30)/b25-14+. The molecule has 0 unspecified atom stereocenters. The number of hydrogen-bond acceptors (Lipinski definition) is 5. The molecule has 2 N–H and O–H groups in total. The molecule has 0 radical (unpaired) electrons. The molecule has 3 aromatic carbocycles. The Morgan fingerprint density at radius 3 is 2.74 bits per heavy atom. The molecule has 0 fully saturated rings. The minimum absolute atomic E-state index is 0.151. The zero-order valence-electron chi connectivity index (χ0n) is 17.0. The Labute approximate surface area is 184 Å². The molecule has 0 spiro atoms. The number of fused-ring (bicyclic) bond motifs is 1. The highest BCUT2D eigenvalue weighted by atomic mass is 32.2. The van der Waals surface area contributed by atoms with Crippen LogP contribution >= 0.6 is 11.8 Å². The van der Waals surface area contributed by atoms with E-state index in [1.54, 1.807) is 24.3 Å². The molecule has 7 heteroatoms. The Kier molecular flexibility index (Phi) is 6.33. The van der Waals surface area contributed by atoms with Crippen LogP contribution in [0.2, 0.25) is 0 Å². The number of nitrogens with zero attached hydrogens (tertiary/aromatic N) is 3. The topological polar surface area (TPSA) is 79.5 Å². The van der Waals surface area contributed by atoms with Gasteiger partial charge in [0, 0.05) is 0 Å². The van der Waals surface area contributed by atoms with E-state index in [-0.39, 0.29) is 17.4 Å². The average Bonchev–Trinajstić information content (AvgIpc) is 3.11. The predicted octanol–water partition coefficient (Wildman–Crippen LogP) is 4.34. The summed E-state index contributed by atoms with van der Waals surface area (Å²) in [5, 5.41) is 14.2. The van der Waals surface area contributed by atoms with E-state index in [9.17, 15) is 9.90 Å². The van der Waals surface area contributed by atoms with Crippen molar-refractivity contribution in [1.82, 2.24) is 15.0 Å². The number of amides is 1. The van der Waals surface area contributed by atoms with E-state index in [2.05, 4.69) is 46.3 Å². The third-order valence-corrected chi connectivity index (χ3v) is 5.66. The molecular formula is C24H22N4O2S. The summed E-state index contributed by atoms with van der Waals surface area (Å²) in [6.07, 6.45) is 1.49. The summed E-state index contributed by atoms with van der Waals surface area (Å²) in [5.74, 6) is 0.114. The van der Waals surface area contributed by atoms with Crippen molar-refractivity contribution in [3.05, 3.63) is 89.5 Å². The van der Waals surface area contributed by atoms with E-state index < -0.39 is 0 Å². The smallest absolute Gasteiger partial charge is 0.250 e. The number of para-hydroxylation sites is 2. The number of aromatic nitrogens is 2. The lowest BCUT2D eigenvalue weighted by atomic mass is 10.1. The maximum Gasteiger partial charge on any atom is 0.250 e. The van der Waals surface area contributed by atoms with Crippen LogP contribution in [0.4, 0.5) is 0 Å². The van der Waals surface area contributed by atoms with Gasteiger partial charge in [0.1, 0.15) is 5.75 Å². The first-order valence-corrected chi connectivity index (χ1v) is 10.8. The first kappa shape index (κ1) is 20.7. The summed E-state index contributed by atoms with van der Waals surface area (Å²) >= 11 is 1.38. The van der Waals surface area contributed by atoms with Gasteiger partial charge in [-0.25, -0.2) is 10.4 Å². The molecular weight excluding hydrogens is 408 g/mol. The minimum Gasteiger partial charge on any atom is -0.508 e. The number of hydrogen-bond donors (Lipinski definition) is 2. The molecule has 1 aromatic heterocycles. The number of imidazole rings is 1. The second-order valence-corrected chi connectivity index (χ2v) is 8.07. The van der Waals surface area contributed by atoms with E-state index in [0.29, 0.717) is 12.1 Å². The third kappa shape index (κ3) is 5.32. The quantitative estimate of drug-likeness (QED) is 0.260. The second kappa shape index (κ2) is 9.49. The lowest BCUT2D eigenvalue weighted by molar-refractivity contribution is -0.118. The van der Waals surface area contributed by atoms with Gasteiger partial charge in [-0.1, -0.05) is 65.9 Å². The van der Waals surface area contributed by atoms with Crippen LogP contribution in [0.3, 0.4) is 0 Å². The molecule has 6 nitrogen and oxygen atoms in total. The molecule has 0 atom stereocenters. The Morgan fingerprint density at radius 2 is 1.94 bits per heavy atom. The zero-order valence-corrected chi connectivity index (χ0v) is 17.8. The molecule has 156 valence electrons. The van der Waals surface area contributed by atoms with Gasteiger partial charge in [-0.15, -0.1) is 0 Å². The number of aromatic hydroxyl groups is 1. The number of hydrazone groups is 1. The zero-order chi connectivity index (χ0) is 21.6. The predicted molar refractivity (Wildman–Crippen MR) is 125 cm³/mol. The molecule has 0 saturated carbocycles. The summed E-state index contributed by atoms with van der Waals surface area (Å²) in [6.45, 7) is 2.75. The van der Waals surface area contributed by atoms with Crippen LogP contribution in [0.25, 0.3) is 11.0 Å². The first-order chi connectivity index (χ1) is 15.1. The number of phenolic OH excluding ortho intramolecular Hbond substituents is 1. The maximum absolute atomic E-state index is 12.3. The van der Waals surface area contributed by atoms with Gasteiger partial charge >= 0.3 is 0 Å². The Hall–Kier alpha value is -3.58. The van der Waals surface area contributed by atoms with Gasteiger partial charge in [0.2, 0.25) is 0 Å². The number of nitrogens with one attached hydrogen (secondary N) is 1. The molecule has 0 bridgehead atoms. The monoisotopic (exact) mass is 430 g/mol. The van der Waals surface area contributed by atoms with Crippen molar-refractivity contribution in [1.29, 1.82) is 0 Å². The van der Waals surface area contributed by atoms with Gasteiger partial charge in [0.15, 0.2) is 5.16 Å². The fourth-order valence-corrected chi connectivity index (χ4v) is 3.95. The molecule has 1 amide bonds. The summed E-state index contributed by atoms with van der Waals surface area (Å²) in [4.78, 5) is 17.0. The van der Waals surface area contributed by atoms with Gasteiger partial charge in [-0.3, -0.25) is 4.79 Å². The summed E-state index contributed by atoms with van der Waals surface area (Å²) in [7, 11) is 0. The molecule has 1 heterocycles. The molecule has 31 heavy (non-hydrogen) atoms. The van der Waals surface area contributed by atoms with E-state index in [4.69, 9.17) is 4.98 Å². The number of phenols is 1. The van der Waals surface area contributed by atoms with E-state index >= 15 is 0 Å². The SMILES string of the molecule is Cc1ccc(Cn2c(SCC(=O)N/N=C/c3cccc(O)c3)nc3ccccc32)cc1. The number of benzene rings is 3. The second-order valence-electron chi connectivity index (χ2n) is 7.13. The van der Waals surface area contributed by atoms with Gasteiger partial charge in [-0.05, 0) is 42.3 Å². The Balaban J connectivity index is 1.45. The van der Waals surface area contributed by atoms with Crippen LogP contribution < -0.4 is 5.43 Å². The van der Waals surface area contributed by atoms with Crippen molar-refractivity contribution in [2.45, 2.75) is 18.6 Å². The molecule has 4 aromatic rings.